The fraction of sp³-hybridized carbons (Fsp3) is 0.0800. The third kappa shape index (κ3) is 5.63. The molecule has 0 amide bonds. The number of hydrogen-bond acceptors (Lipinski definition) is 8. The second-order valence-corrected chi connectivity index (χ2v) is 8.97. The van der Waals surface area contributed by atoms with E-state index >= 15 is 0 Å². The molecule has 0 spiro atoms. The summed E-state index contributed by atoms with van der Waals surface area (Å²) >= 11 is 18.5. The summed E-state index contributed by atoms with van der Waals surface area (Å²) in [6.07, 6.45) is 8.37. The molecule has 8 nitrogen and oxygen atoms in total. The van der Waals surface area contributed by atoms with E-state index in [2.05, 4.69) is 49.6 Å². The zero-order chi connectivity index (χ0) is 26.5. The number of aliphatic imine (C=N–C) groups is 1. The number of anilines is 3. The molecule has 188 valence electrons. The third-order valence-corrected chi connectivity index (χ3v) is 6.45. The van der Waals surface area contributed by atoms with Gasteiger partial charge in [0.25, 0.3) is 0 Å². The summed E-state index contributed by atoms with van der Waals surface area (Å²) in [5.41, 5.74) is 11.7. The van der Waals surface area contributed by atoms with Crippen molar-refractivity contribution in [1.82, 2.24) is 21.4 Å². The third-order valence-electron chi connectivity index (χ3n) is 5.39. The summed E-state index contributed by atoms with van der Waals surface area (Å²) < 4.78 is 14.8. The van der Waals surface area contributed by atoms with Crippen LogP contribution in [0.2, 0.25) is 15.1 Å². The van der Waals surface area contributed by atoms with Crippen LogP contribution in [-0.4, -0.2) is 24.3 Å². The lowest BCUT2D eigenvalue weighted by atomic mass is 10.0. The Balaban J connectivity index is 1.80. The van der Waals surface area contributed by atoms with Gasteiger partial charge in [0.15, 0.2) is 5.82 Å². The highest BCUT2D eigenvalue weighted by Gasteiger charge is 2.21. The average Bonchev–Trinajstić information content (AvgIpc) is 3.42. The van der Waals surface area contributed by atoms with Crippen LogP contribution in [-0.2, 0) is 0 Å². The maximum atomic E-state index is 14.8. The van der Waals surface area contributed by atoms with Gasteiger partial charge in [0.05, 0.1) is 49.3 Å². The van der Waals surface area contributed by atoms with Crippen molar-refractivity contribution in [2.24, 2.45) is 4.99 Å². The molecule has 1 aromatic heterocycles. The SMILES string of the molecule is C=C(/C=C\C=N/C)[C@H](Nc1cc(Cl)c2ncc(C#N)c(Nc3ccc(Cl)c(Cl)c3F)c2c1)C1=CNNN1. The second-order valence-electron chi connectivity index (χ2n) is 7.77. The normalized spacial score (nSPS) is 13.8. The molecule has 0 saturated carbocycles. The van der Waals surface area contributed by atoms with Crippen molar-refractivity contribution in [3.63, 3.8) is 0 Å². The smallest absolute Gasteiger partial charge is 0.166 e. The molecule has 1 aliphatic heterocycles. The van der Waals surface area contributed by atoms with E-state index in [1.165, 1.54) is 18.3 Å². The summed E-state index contributed by atoms with van der Waals surface area (Å²) in [5, 5.41) is 16.8. The van der Waals surface area contributed by atoms with Crippen LogP contribution in [0.5, 0.6) is 0 Å². The minimum atomic E-state index is -0.749. The number of allylic oxidation sites excluding steroid dienone is 1. The molecule has 37 heavy (non-hydrogen) atoms. The van der Waals surface area contributed by atoms with Crippen LogP contribution in [0.1, 0.15) is 5.56 Å². The van der Waals surface area contributed by atoms with E-state index in [9.17, 15) is 9.65 Å². The first-order valence-corrected chi connectivity index (χ1v) is 11.9. The fourth-order valence-electron chi connectivity index (χ4n) is 3.62. The molecule has 2 aromatic carbocycles. The van der Waals surface area contributed by atoms with Gasteiger partial charge in [-0.3, -0.25) is 9.98 Å². The first kappa shape index (κ1) is 26.3. The molecule has 5 N–H and O–H groups in total. The molecule has 0 fully saturated rings. The topological polar surface area (TPSA) is 109 Å². The highest BCUT2D eigenvalue weighted by Crippen LogP contribution is 2.38. The van der Waals surface area contributed by atoms with Crippen molar-refractivity contribution in [2.45, 2.75) is 6.04 Å². The predicted octanol–water partition coefficient (Wildman–Crippen LogP) is 6.00. The number of nitriles is 1. The lowest BCUT2D eigenvalue weighted by molar-refractivity contribution is 0.589. The zero-order valence-corrected chi connectivity index (χ0v) is 21.6. The van der Waals surface area contributed by atoms with Gasteiger partial charge in [-0.2, -0.15) is 10.8 Å². The molecule has 1 atom stereocenters. The standard InChI is InChI=1S/C25H20Cl3FN8/c1-13(4-3-7-31-2)23(20-12-33-37-36-20)34-15-8-16-24(14(10-30)11-32-25(16)18(27)9-15)35-19-6-5-17(26)21(28)22(19)29/h3-9,11-12,23,33-34,36-37H,1H2,2H3,(H,32,35)/b4-3-,31-7-/t23-/m0/s1. The molecule has 4 rings (SSSR count). The van der Waals surface area contributed by atoms with Gasteiger partial charge in [-0.15, -0.1) is 0 Å². The van der Waals surface area contributed by atoms with Crippen LogP contribution in [0, 0.1) is 17.1 Å². The van der Waals surface area contributed by atoms with Gasteiger partial charge in [0.1, 0.15) is 6.07 Å². The molecule has 2 heterocycles. The molecule has 0 aliphatic carbocycles. The van der Waals surface area contributed by atoms with Gasteiger partial charge >= 0.3 is 0 Å². The Hall–Kier alpha value is -3.81. The molecule has 0 radical (unpaired) electrons. The maximum Gasteiger partial charge on any atom is 0.166 e. The van der Waals surface area contributed by atoms with Crippen LogP contribution < -0.4 is 27.0 Å². The monoisotopic (exact) mass is 556 g/mol. The molecule has 12 heteroatoms. The number of hydrogen-bond donors (Lipinski definition) is 5. The lowest BCUT2D eigenvalue weighted by Crippen LogP contribution is -2.37. The quantitative estimate of drug-likeness (QED) is 0.131. The average molecular weight is 558 g/mol. The number of nitrogens with one attached hydrogen (secondary N) is 5. The van der Waals surface area contributed by atoms with Crippen molar-refractivity contribution in [2.75, 3.05) is 17.7 Å². The molecular weight excluding hydrogens is 538 g/mol. The Morgan fingerprint density at radius 1 is 1.27 bits per heavy atom. The van der Waals surface area contributed by atoms with Gasteiger partial charge in [-0.1, -0.05) is 47.5 Å². The van der Waals surface area contributed by atoms with Crippen molar-refractivity contribution in [3.8, 4) is 6.07 Å². The zero-order valence-electron chi connectivity index (χ0n) is 19.3. The number of fused-ring (bicyclic) bond motifs is 1. The summed E-state index contributed by atoms with van der Waals surface area (Å²) in [7, 11) is 1.67. The largest absolute Gasteiger partial charge is 0.373 e. The van der Waals surface area contributed by atoms with Crippen molar-refractivity contribution < 1.29 is 4.39 Å². The Morgan fingerprint density at radius 2 is 2.08 bits per heavy atom. The lowest BCUT2D eigenvalue weighted by Gasteiger charge is -2.22. The van der Waals surface area contributed by atoms with Crippen LogP contribution in [0.25, 0.3) is 10.9 Å². The number of hydrazine groups is 2. The Labute approximate surface area is 227 Å². The van der Waals surface area contributed by atoms with Gasteiger partial charge < -0.3 is 21.5 Å². The van der Waals surface area contributed by atoms with E-state index in [0.29, 0.717) is 27.3 Å². The van der Waals surface area contributed by atoms with Crippen molar-refractivity contribution in [3.05, 3.63) is 93.1 Å². The minimum absolute atomic E-state index is 0.0410. The minimum Gasteiger partial charge on any atom is -0.373 e. The van der Waals surface area contributed by atoms with Crippen molar-refractivity contribution in [1.29, 1.82) is 5.26 Å². The van der Waals surface area contributed by atoms with E-state index in [4.69, 9.17) is 34.8 Å². The summed E-state index contributed by atoms with van der Waals surface area (Å²) in [4.78, 5) is 8.28. The van der Waals surface area contributed by atoms with Crippen LogP contribution in [0.3, 0.4) is 0 Å². The fourth-order valence-corrected chi connectivity index (χ4v) is 4.20. The number of aromatic nitrogens is 1. The Kier molecular flexibility index (Phi) is 8.16. The highest BCUT2D eigenvalue weighted by molar-refractivity contribution is 6.42. The van der Waals surface area contributed by atoms with Gasteiger partial charge in [-0.05, 0) is 35.9 Å². The molecule has 0 bridgehead atoms. The number of rotatable bonds is 8. The number of halogens is 4. The summed E-state index contributed by atoms with van der Waals surface area (Å²) in [6, 6.07) is 8.06. The van der Waals surface area contributed by atoms with E-state index in [1.54, 1.807) is 37.7 Å². The molecule has 0 unspecified atom stereocenters. The maximum absolute atomic E-state index is 14.8. The number of nitrogens with zero attached hydrogens (tertiary/aromatic N) is 3. The first-order valence-electron chi connectivity index (χ1n) is 10.8. The van der Waals surface area contributed by atoms with Gasteiger partial charge in [0, 0.05) is 36.7 Å². The van der Waals surface area contributed by atoms with E-state index in [1.807, 2.05) is 6.08 Å². The highest BCUT2D eigenvalue weighted by atomic mass is 35.5. The first-order chi connectivity index (χ1) is 17.8. The Bertz CT molecular complexity index is 1510. The van der Waals surface area contributed by atoms with E-state index < -0.39 is 11.9 Å². The van der Waals surface area contributed by atoms with E-state index in [-0.39, 0.29) is 21.3 Å². The summed E-state index contributed by atoms with van der Waals surface area (Å²) in [5.74, 6) is -0.749. The van der Waals surface area contributed by atoms with Crippen LogP contribution in [0.4, 0.5) is 21.5 Å². The molecule has 0 saturated heterocycles. The van der Waals surface area contributed by atoms with Crippen molar-refractivity contribution >= 4 is 69.0 Å². The van der Waals surface area contributed by atoms with Gasteiger partial charge in [-0.25, -0.2) is 4.39 Å². The molecule has 1 aliphatic rings. The summed E-state index contributed by atoms with van der Waals surface area (Å²) in [6.45, 7) is 4.17. The Morgan fingerprint density at radius 3 is 2.78 bits per heavy atom. The molecule has 3 aromatic rings. The van der Waals surface area contributed by atoms with E-state index in [0.717, 1.165) is 11.3 Å². The van der Waals surface area contributed by atoms with Crippen LogP contribution >= 0.6 is 34.8 Å². The predicted molar refractivity (Wildman–Crippen MR) is 149 cm³/mol. The van der Waals surface area contributed by atoms with Crippen LogP contribution in [0.15, 0.2) is 71.7 Å². The second kappa shape index (κ2) is 11.5. The molecular formula is C25H20Cl3FN8. The van der Waals surface area contributed by atoms with Gasteiger partial charge in [0.2, 0.25) is 0 Å². The number of pyridine rings is 1. The number of benzene rings is 2.